The van der Waals surface area contributed by atoms with Crippen LogP contribution >= 0.6 is 0 Å². The summed E-state index contributed by atoms with van der Waals surface area (Å²) >= 11 is 0. The van der Waals surface area contributed by atoms with Crippen LogP contribution in [0.5, 0.6) is 11.5 Å². The van der Waals surface area contributed by atoms with Crippen LogP contribution in [-0.2, 0) is 6.42 Å². The quantitative estimate of drug-likeness (QED) is 0.755. The fraction of sp³-hybridized carbons (Fsp3) is 0.182. The number of methoxy groups -OCH3 is 2. The Morgan fingerprint density at radius 3 is 2.04 bits per heavy atom. The van der Waals surface area contributed by atoms with Gasteiger partial charge in [0.1, 0.15) is 11.5 Å². The van der Waals surface area contributed by atoms with Crippen LogP contribution in [0.25, 0.3) is 22.9 Å². The van der Waals surface area contributed by atoms with E-state index in [-0.39, 0.29) is 0 Å². The van der Waals surface area contributed by atoms with Crippen molar-refractivity contribution in [1.82, 2.24) is 9.97 Å². The summed E-state index contributed by atoms with van der Waals surface area (Å²) in [5.74, 6) is 1.96. The summed E-state index contributed by atoms with van der Waals surface area (Å²) in [6.45, 7) is 0. The monoisotopic (exact) mass is 359 g/mol. The maximum atomic E-state index is 6.03. The fourth-order valence-corrected chi connectivity index (χ4v) is 3.41. The Bertz CT molecular complexity index is 993. The lowest BCUT2D eigenvalue weighted by molar-refractivity contribution is 0.414. The Balaban J connectivity index is 1.74. The first-order chi connectivity index (χ1) is 13.2. The van der Waals surface area contributed by atoms with Gasteiger partial charge in [0.25, 0.3) is 0 Å². The van der Waals surface area contributed by atoms with E-state index in [1.54, 1.807) is 14.2 Å². The minimum absolute atomic E-state index is 0.294. The SMILES string of the molecule is COc1ccc(/C=C2\CCc3c2nc(N)nc3-c2ccc(OC)cc2)cc1. The van der Waals surface area contributed by atoms with Gasteiger partial charge in [-0.25, -0.2) is 9.97 Å². The van der Waals surface area contributed by atoms with E-state index < -0.39 is 0 Å². The van der Waals surface area contributed by atoms with E-state index in [0.29, 0.717) is 5.95 Å². The van der Waals surface area contributed by atoms with Crippen LogP contribution < -0.4 is 15.2 Å². The number of hydrogen-bond acceptors (Lipinski definition) is 5. The first kappa shape index (κ1) is 17.1. The van der Waals surface area contributed by atoms with Gasteiger partial charge in [-0.05, 0) is 66.5 Å². The standard InChI is InChI=1S/C22H21N3O2/c1-26-17-8-3-14(4-9-17)13-16-7-12-19-20(24-22(23)25-21(16)19)15-5-10-18(27-2)11-6-15/h3-6,8-11,13H,7,12H2,1-2H3,(H2,23,24,25)/b16-13+. The second-order valence-corrected chi connectivity index (χ2v) is 6.43. The second-order valence-electron chi connectivity index (χ2n) is 6.43. The van der Waals surface area contributed by atoms with Gasteiger partial charge in [0.05, 0.1) is 25.6 Å². The Kier molecular flexibility index (Phi) is 4.50. The van der Waals surface area contributed by atoms with Gasteiger partial charge in [-0.1, -0.05) is 12.1 Å². The van der Waals surface area contributed by atoms with Gasteiger partial charge in [-0.2, -0.15) is 0 Å². The molecule has 1 aliphatic carbocycles. The molecule has 0 unspecified atom stereocenters. The summed E-state index contributed by atoms with van der Waals surface area (Å²) in [4.78, 5) is 9.05. The summed E-state index contributed by atoms with van der Waals surface area (Å²) in [6.07, 6.45) is 3.98. The van der Waals surface area contributed by atoms with Crippen molar-refractivity contribution in [1.29, 1.82) is 0 Å². The van der Waals surface area contributed by atoms with Gasteiger partial charge in [0.2, 0.25) is 5.95 Å². The molecule has 2 aromatic carbocycles. The van der Waals surface area contributed by atoms with E-state index in [1.165, 1.54) is 5.57 Å². The summed E-state index contributed by atoms with van der Waals surface area (Å²) in [6, 6.07) is 15.9. The molecule has 0 amide bonds. The Morgan fingerprint density at radius 2 is 1.41 bits per heavy atom. The number of anilines is 1. The molecule has 136 valence electrons. The number of ether oxygens (including phenoxy) is 2. The van der Waals surface area contributed by atoms with E-state index in [2.05, 4.69) is 16.0 Å². The van der Waals surface area contributed by atoms with Crippen molar-refractivity contribution in [3.8, 4) is 22.8 Å². The van der Waals surface area contributed by atoms with Crippen molar-refractivity contribution < 1.29 is 9.47 Å². The first-order valence-corrected chi connectivity index (χ1v) is 8.84. The number of allylic oxidation sites excluding steroid dienone is 1. The van der Waals surface area contributed by atoms with Crippen molar-refractivity contribution in [2.24, 2.45) is 0 Å². The fourth-order valence-electron chi connectivity index (χ4n) is 3.41. The molecule has 0 saturated heterocycles. The van der Waals surface area contributed by atoms with Crippen LogP contribution in [0.2, 0.25) is 0 Å². The Morgan fingerprint density at radius 1 is 0.815 bits per heavy atom. The van der Waals surface area contributed by atoms with Crippen LogP contribution in [0.15, 0.2) is 48.5 Å². The lowest BCUT2D eigenvalue weighted by Crippen LogP contribution is -2.02. The highest BCUT2D eigenvalue weighted by atomic mass is 16.5. The van der Waals surface area contributed by atoms with Crippen LogP contribution in [0.4, 0.5) is 5.95 Å². The third-order valence-corrected chi connectivity index (χ3v) is 4.79. The molecule has 0 bridgehead atoms. The van der Waals surface area contributed by atoms with Gasteiger partial charge < -0.3 is 15.2 Å². The van der Waals surface area contributed by atoms with Crippen molar-refractivity contribution >= 4 is 17.6 Å². The molecule has 3 aromatic rings. The van der Waals surface area contributed by atoms with E-state index in [4.69, 9.17) is 15.2 Å². The maximum Gasteiger partial charge on any atom is 0.221 e. The number of rotatable bonds is 4. The number of nitrogen functional groups attached to an aromatic ring is 1. The summed E-state index contributed by atoms with van der Waals surface area (Å²) in [7, 11) is 3.33. The number of benzene rings is 2. The molecule has 0 radical (unpaired) electrons. The molecule has 0 fully saturated rings. The van der Waals surface area contributed by atoms with Crippen LogP contribution in [-0.4, -0.2) is 24.2 Å². The smallest absolute Gasteiger partial charge is 0.221 e. The van der Waals surface area contributed by atoms with Crippen molar-refractivity contribution in [2.75, 3.05) is 20.0 Å². The molecule has 1 heterocycles. The lowest BCUT2D eigenvalue weighted by Gasteiger charge is -2.09. The number of nitrogens with zero attached hydrogens (tertiary/aromatic N) is 2. The topological polar surface area (TPSA) is 70.3 Å². The zero-order chi connectivity index (χ0) is 18.8. The molecular weight excluding hydrogens is 338 g/mol. The van der Waals surface area contributed by atoms with Crippen LogP contribution in [0, 0.1) is 0 Å². The number of aromatic nitrogens is 2. The third-order valence-electron chi connectivity index (χ3n) is 4.79. The second kappa shape index (κ2) is 7.11. The highest BCUT2D eigenvalue weighted by Gasteiger charge is 2.23. The van der Waals surface area contributed by atoms with Crippen LogP contribution in [0.3, 0.4) is 0 Å². The zero-order valence-electron chi connectivity index (χ0n) is 15.4. The number of hydrogen-bond donors (Lipinski definition) is 1. The third kappa shape index (κ3) is 3.36. The normalized spacial score (nSPS) is 14.2. The van der Waals surface area contributed by atoms with E-state index in [1.807, 2.05) is 48.5 Å². The van der Waals surface area contributed by atoms with Crippen molar-refractivity contribution in [3.05, 3.63) is 65.4 Å². The van der Waals surface area contributed by atoms with Crippen molar-refractivity contribution in [2.45, 2.75) is 12.8 Å². The predicted octanol–water partition coefficient (Wildman–Crippen LogP) is 4.23. The summed E-state index contributed by atoms with van der Waals surface area (Å²) in [5, 5.41) is 0. The Hall–Kier alpha value is -3.34. The van der Waals surface area contributed by atoms with Gasteiger partial charge in [-0.3, -0.25) is 0 Å². The zero-order valence-corrected chi connectivity index (χ0v) is 15.4. The highest BCUT2D eigenvalue weighted by molar-refractivity contribution is 5.87. The molecule has 1 aliphatic rings. The van der Waals surface area contributed by atoms with Crippen LogP contribution in [0.1, 0.15) is 23.2 Å². The molecule has 27 heavy (non-hydrogen) atoms. The number of nitrogens with two attached hydrogens (primary N) is 1. The van der Waals surface area contributed by atoms with Gasteiger partial charge >= 0.3 is 0 Å². The molecular formula is C22H21N3O2. The van der Waals surface area contributed by atoms with Crippen molar-refractivity contribution in [3.63, 3.8) is 0 Å². The minimum atomic E-state index is 0.294. The highest BCUT2D eigenvalue weighted by Crippen LogP contribution is 2.38. The lowest BCUT2D eigenvalue weighted by atomic mass is 10.0. The van der Waals surface area contributed by atoms with E-state index in [9.17, 15) is 0 Å². The molecule has 0 saturated carbocycles. The minimum Gasteiger partial charge on any atom is -0.497 e. The summed E-state index contributed by atoms with van der Waals surface area (Å²) < 4.78 is 10.5. The molecule has 0 aliphatic heterocycles. The van der Waals surface area contributed by atoms with E-state index >= 15 is 0 Å². The molecule has 5 heteroatoms. The number of fused-ring (bicyclic) bond motifs is 1. The van der Waals surface area contributed by atoms with E-state index in [0.717, 1.165) is 52.4 Å². The largest absolute Gasteiger partial charge is 0.497 e. The first-order valence-electron chi connectivity index (χ1n) is 8.84. The average Bonchev–Trinajstić information content (AvgIpc) is 3.10. The maximum absolute atomic E-state index is 6.03. The molecule has 2 N–H and O–H groups in total. The van der Waals surface area contributed by atoms with Gasteiger partial charge in [-0.15, -0.1) is 0 Å². The predicted molar refractivity (Wildman–Crippen MR) is 108 cm³/mol. The molecule has 0 atom stereocenters. The average molecular weight is 359 g/mol. The summed E-state index contributed by atoms with van der Waals surface area (Å²) in [5.41, 5.74) is 12.3. The molecule has 0 spiro atoms. The Labute approximate surface area is 158 Å². The van der Waals surface area contributed by atoms with Gasteiger partial charge in [0, 0.05) is 11.1 Å². The van der Waals surface area contributed by atoms with Gasteiger partial charge in [0.15, 0.2) is 0 Å². The molecule has 4 rings (SSSR count). The molecule has 1 aromatic heterocycles. The molecule has 5 nitrogen and oxygen atoms in total.